The molecule has 0 unspecified atom stereocenters. The smallest absolute Gasteiger partial charge is 0.198 e. The Balaban J connectivity index is 1.19. The van der Waals surface area contributed by atoms with Crippen LogP contribution in [0.3, 0.4) is 0 Å². The first-order valence-corrected chi connectivity index (χ1v) is 26.6. The SMILES string of the molecule is CC(C)(C)c1ccc(Nc2cc3c(cc2-c2cc(C(c4ccccc4)c4ccccc4)c4c5c6ccccc6ccc5n5c4c2Bc2cc(C(C)(C)C)ccc2-5)oc2cc4c(cc23)C(C)(C)CCC4(C)C)cc1. The Morgan fingerprint density at radius 1 is 0.548 bits per heavy atom. The molecule has 0 radical (unpaired) electrons. The molecule has 0 spiro atoms. The highest BCUT2D eigenvalue weighted by Crippen LogP contribution is 2.51. The highest BCUT2D eigenvalue weighted by atomic mass is 16.3. The highest BCUT2D eigenvalue weighted by molar-refractivity contribution is 6.73. The fourth-order valence-electron chi connectivity index (χ4n) is 12.8. The molecule has 2 aromatic heterocycles. The summed E-state index contributed by atoms with van der Waals surface area (Å²) in [5.74, 6) is -0.0628. The predicted octanol–water partition coefficient (Wildman–Crippen LogP) is 17.1. The Bertz CT molecular complexity index is 3990. The Labute approximate surface area is 431 Å². The van der Waals surface area contributed by atoms with Gasteiger partial charge in [0.15, 0.2) is 7.28 Å². The lowest BCUT2D eigenvalue weighted by Gasteiger charge is -2.41. The number of fused-ring (bicyclic) bond motifs is 11. The molecule has 0 fully saturated rings. The van der Waals surface area contributed by atoms with Crippen molar-refractivity contribution in [2.75, 3.05) is 5.32 Å². The van der Waals surface area contributed by atoms with Crippen molar-refractivity contribution >= 4 is 84.1 Å². The molecule has 11 aromatic rings. The topological polar surface area (TPSA) is 30.1 Å². The lowest BCUT2D eigenvalue weighted by molar-refractivity contribution is 0.332. The van der Waals surface area contributed by atoms with Gasteiger partial charge in [-0.2, -0.15) is 0 Å². The molecule has 13 rings (SSSR count). The standard InChI is InChI=1S/C69H65BN2O/c1-66(2,3)44-26-29-46(30-27-44)71-56-38-50-49-37-53-54(69(9,10)34-33-68(53,7)8)40-60(49)73-59(50)39-48(56)51-36-52(61(42-20-13-11-14-21-42)43-22-15-12-16-23-43)63-62-47-24-18-17-19-41(47)25-31-58(62)72-57-32-28-45(67(4,5)6)35-55(57)70-64(51)65(63)72/h11-32,35-40,61,70-71H,33-34H2,1-10H3. The van der Waals surface area contributed by atoms with Gasteiger partial charge in [0.2, 0.25) is 0 Å². The molecular formula is C69H65BN2O. The summed E-state index contributed by atoms with van der Waals surface area (Å²) in [7, 11) is 0.787. The number of hydrogen-bond donors (Lipinski definition) is 1. The Morgan fingerprint density at radius 3 is 1.82 bits per heavy atom. The maximum absolute atomic E-state index is 7.19. The maximum atomic E-state index is 7.19. The third-order valence-electron chi connectivity index (χ3n) is 17.1. The first kappa shape index (κ1) is 45.6. The van der Waals surface area contributed by atoms with Gasteiger partial charge in [0.25, 0.3) is 0 Å². The quantitative estimate of drug-likeness (QED) is 0.133. The van der Waals surface area contributed by atoms with Gasteiger partial charge in [-0.3, -0.25) is 0 Å². The van der Waals surface area contributed by atoms with E-state index in [2.05, 4.69) is 249 Å². The van der Waals surface area contributed by atoms with Crippen molar-refractivity contribution in [2.45, 2.75) is 110 Å². The van der Waals surface area contributed by atoms with Crippen molar-refractivity contribution in [3.8, 4) is 16.8 Å². The zero-order valence-corrected chi connectivity index (χ0v) is 44.2. The Kier molecular flexibility index (Phi) is 10.0. The Morgan fingerprint density at radius 2 is 1.15 bits per heavy atom. The third-order valence-corrected chi connectivity index (χ3v) is 17.1. The van der Waals surface area contributed by atoms with E-state index in [1.807, 2.05) is 0 Å². The number of nitrogens with one attached hydrogen (secondary N) is 1. The van der Waals surface area contributed by atoms with E-state index in [0.29, 0.717) is 0 Å². The summed E-state index contributed by atoms with van der Waals surface area (Å²) in [4.78, 5) is 0. The first-order chi connectivity index (χ1) is 34.9. The summed E-state index contributed by atoms with van der Waals surface area (Å²) in [6.45, 7) is 23.5. The van der Waals surface area contributed by atoms with Crippen LogP contribution in [0.15, 0.2) is 174 Å². The van der Waals surface area contributed by atoms with Crippen LogP contribution in [0.25, 0.3) is 71.3 Å². The second kappa shape index (κ2) is 16.1. The zero-order chi connectivity index (χ0) is 50.3. The summed E-state index contributed by atoms with van der Waals surface area (Å²) < 4.78 is 9.82. The predicted molar refractivity (Wildman–Crippen MR) is 314 cm³/mol. The van der Waals surface area contributed by atoms with Crippen LogP contribution in [0.4, 0.5) is 11.4 Å². The molecule has 0 saturated heterocycles. The van der Waals surface area contributed by atoms with Gasteiger partial charge in [-0.05, 0) is 150 Å². The second-order valence-corrected chi connectivity index (χ2v) is 24.9. The highest BCUT2D eigenvalue weighted by Gasteiger charge is 2.38. The minimum absolute atomic E-state index is 0.0134. The van der Waals surface area contributed by atoms with Gasteiger partial charge in [-0.15, -0.1) is 0 Å². The van der Waals surface area contributed by atoms with E-state index in [-0.39, 0.29) is 27.6 Å². The van der Waals surface area contributed by atoms with Gasteiger partial charge in [0.05, 0.1) is 5.52 Å². The number of aromatic nitrogens is 1. The van der Waals surface area contributed by atoms with Crippen LogP contribution in [0.2, 0.25) is 0 Å². The van der Waals surface area contributed by atoms with Gasteiger partial charge in [0, 0.05) is 55.6 Å². The normalized spacial score (nSPS) is 15.1. The monoisotopic (exact) mass is 949 g/mol. The summed E-state index contributed by atoms with van der Waals surface area (Å²) in [6, 6.07) is 64.7. The van der Waals surface area contributed by atoms with Gasteiger partial charge in [-0.1, -0.05) is 190 Å². The van der Waals surface area contributed by atoms with Crippen molar-refractivity contribution in [2.24, 2.45) is 0 Å². The largest absolute Gasteiger partial charge is 0.456 e. The molecule has 2 aliphatic rings. The fraction of sp³-hybridized carbons (Fsp3) is 0.246. The van der Waals surface area contributed by atoms with Crippen molar-refractivity contribution in [3.05, 3.63) is 209 Å². The van der Waals surface area contributed by atoms with E-state index < -0.39 is 0 Å². The molecule has 3 nitrogen and oxygen atoms in total. The lowest BCUT2D eigenvalue weighted by Crippen LogP contribution is -2.38. The maximum Gasteiger partial charge on any atom is 0.198 e. The average Bonchev–Trinajstić information content (AvgIpc) is 3.92. The third kappa shape index (κ3) is 7.30. The number of furan rings is 1. The second-order valence-electron chi connectivity index (χ2n) is 24.9. The number of benzene rings is 9. The average molecular weight is 949 g/mol. The molecule has 9 aromatic carbocycles. The van der Waals surface area contributed by atoms with Crippen LogP contribution < -0.4 is 16.2 Å². The van der Waals surface area contributed by atoms with Gasteiger partial charge in [0.1, 0.15) is 11.2 Å². The molecule has 4 heteroatoms. The van der Waals surface area contributed by atoms with E-state index in [1.165, 1.54) is 99.1 Å². The van der Waals surface area contributed by atoms with Crippen molar-refractivity contribution in [1.29, 1.82) is 0 Å². The van der Waals surface area contributed by atoms with E-state index in [1.54, 1.807) is 0 Å². The molecule has 1 aliphatic carbocycles. The van der Waals surface area contributed by atoms with Crippen molar-refractivity contribution in [3.63, 3.8) is 0 Å². The van der Waals surface area contributed by atoms with E-state index in [4.69, 9.17) is 4.42 Å². The molecule has 360 valence electrons. The minimum Gasteiger partial charge on any atom is -0.456 e. The zero-order valence-electron chi connectivity index (χ0n) is 44.2. The number of nitrogens with zero attached hydrogens (tertiary/aromatic N) is 1. The van der Waals surface area contributed by atoms with E-state index >= 15 is 0 Å². The summed E-state index contributed by atoms with van der Waals surface area (Å²) in [5, 5.41) is 11.5. The van der Waals surface area contributed by atoms with E-state index in [9.17, 15) is 0 Å². The van der Waals surface area contributed by atoms with Crippen LogP contribution in [0.5, 0.6) is 0 Å². The van der Waals surface area contributed by atoms with E-state index in [0.717, 1.165) is 53.6 Å². The number of anilines is 2. The molecule has 1 aliphatic heterocycles. The summed E-state index contributed by atoms with van der Waals surface area (Å²) in [5.41, 5.74) is 22.3. The van der Waals surface area contributed by atoms with Crippen molar-refractivity contribution < 1.29 is 4.42 Å². The van der Waals surface area contributed by atoms with Crippen LogP contribution >= 0.6 is 0 Å². The molecule has 0 saturated carbocycles. The van der Waals surface area contributed by atoms with Crippen LogP contribution in [-0.2, 0) is 21.7 Å². The molecule has 0 bridgehead atoms. The summed E-state index contributed by atoms with van der Waals surface area (Å²) in [6.07, 6.45) is 2.31. The molecule has 3 heterocycles. The number of rotatable bonds is 6. The van der Waals surface area contributed by atoms with Crippen LogP contribution in [0.1, 0.15) is 127 Å². The van der Waals surface area contributed by atoms with Gasteiger partial charge < -0.3 is 14.3 Å². The van der Waals surface area contributed by atoms with Crippen LogP contribution in [0, 0.1) is 0 Å². The molecule has 73 heavy (non-hydrogen) atoms. The molecular weight excluding hydrogens is 884 g/mol. The van der Waals surface area contributed by atoms with Crippen LogP contribution in [-0.4, -0.2) is 11.8 Å². The van der Waals surface area contributed by atoms with Crippen molar-refractivity contribution in [1.82, 2.24) is 4.57 Å². The minimum atomic E-state index is -0.0628. The molecule has 1 N–H and O–H groups in total. The first-order valence-electron chi connectivity index (χ1n) is 26.6. The molecule has 0 atom stereocenters. The lowest BCUT2D eigenvalue weighted by atomic mass is 9.58. The van der Waals surface area contributed by atoms with Gasteiger partial charge >= 0.3 is 0 Å². The Hall–Kier alpha value is -7.30. The summed E-state index contributed by atoms with van der Waals surface area (Å²) >= 11 is 0. The number of hydrogen-bond acceptors (Lipinski definition) is 2. The fourth-order valence-corrected chi connectivity index (χ4v) is 12.8. The van der Waals surface area contributed by atoms with Gasteiger partial charge in [-0.25, -0.2) is 0 Å². The molecule has 0 amide bonds.